The quantitative estimate of drug-likeness (QED) is 0.869. The molecular formula is C16H22N2O3S. The number of thiophene rings is 1. The van der Waals surface area contributed by atoms with Gasteiger partial charge in [-0.3, -0.25) is 14.5 Å². The fourth-order valence-electron chi connectivity index (χ4n) is 3.87. The minimum atomic E-state index is -0.691. The lowest BCUT2D eigenvalue weighted by Crippen LogP contribution is -2.45. The summed E-state index contributed by atoms with van der Waals surface area (Å²) in [5.74, 6) is -0.518. The van der Waals surface area contributed by atoms with Crippen LogP contribution in [0.1, 0.15) is 31.1 Å². The van der Waals surface area contributed by atoms with Gasteiger partial charge in [0, 0.05) is 18.0 Å². The van der Waals surface area contributed by atoms with Gasteiger partial charge in [-0.25, -0.2) is 0 Å². The first-order chi connectivity index (χ1) is 10.5. The number of nitrogens with zero attached hydrogens (tertiary/aromatic N) is 1. The van der Waals surface area contributed by atoms with Crippen LogP contribution in [0.2, 0.25) is 0 Å². The summed E-state index contributed by atoms with van der Waals surface area (Å²) in [6.07, 6.45) is 2.70. The van der Waals surface area contributed by atoms with Gasteiger partial charge in [0.1, 0.15) is 0 Å². The van der Waals surface area contributed by atoms with E-state index in [-0.39, 0.29) is 17.9 Å². The third-order valence-electron chi connectivity index (χ3n) is 5.27. The predicted molar refractivity (Wildman–Crippen MR) is 84.6 cm³/mol. The van der Waals surface area contributed by atoms with Crippen molar-refractivity contribution in [3.8, 4) is 0 Å². The Morgan fingerprint density at radius 2 is 2.41 bits per heavy atom. The van der Waals surface area contributed by atoms with Crippen molar-refractivity contribution >= 4 is 23.2 Å². The second-order valence-electron chi connectivity index (χ2n) is 6.45. The zero-order valence-corrected chi connectivity index (χ0v) is 13.6. The van der Waals surface area contributed by atoms with E-state index in [9.17, 15) is 14.7 Å². The first kappa shape index (κ1) is 15.5. The van der Waals surface area contributed by atoms with Crippen molar-refractivity contribution in [2.75, 3.05) is 13.1 Å². The molecule has 22 heavy (non-hydrogen) atoms. The normalized spacial score (nSPS) is 29.2. The number of aliphatic carboxylic acids is 1. The van der Waals surface area contributed by atoms with Crippen LogP contribution in [0, 0.1) is 11.3 Å². The SMILES string of the molecule is CC(C(=O)NCc1cccs1)N1C[C@@H]2CCC[C@@]2(C(=O)O)C1. The van der Waals surface area contributed by atoms with Crippen molar-refractivity contribution in [2.24, 2.45) is 11.3 Å². The highest BCUT2D eigenvalue weighted by molar-refractivity contribution is 7.09. The van der Waals surface area contributed by atoms with Gasteiger partial charge in [0.25, 0.3) is 0 Å². The molecule has 0 spiro atoms. The standard InChI is InChI=1S/C16H22N2O3S/c1-11(14(19)17-8-13-5-3-7-22-13)18-9-12-4-2-6-16(12,10-18)15(20)21/h3,5,7,11-12H,2,4,6,8-10H2,1H3,(H,17,19)(H,20,21)/t11?,12-,16+/m0/s1. The maximum Gasteiger partial charge on any atom is 0.311 e. The third-order valence-corrected chi connectivity index (χ3v) is 6.14. The molecule has 2 heterocycles. The highest BCUT2D eigenvalue weighted by atomic mass is 32.1. The summed E-state index contributed by atoms with van der Waals surface area (Å²) < 4.78 is 0. The number of amides is 1. The number of likely N-dealkylation sites (tertiary alicyclic amines) is 1. The van der Waals surface area contributed by atoms with Crippen molar-refractivity contribution in [1.29, 1.82) is 0 Å². The van der Waals surface area contributed by atoms with E-state index in [2.05, 4.69) is 5.32 Å². The molecule has 3 atom stereocenters. The van der Waals surface area contributed by atoms with E-state index < -0.39 is 11.4 Å². The summed E-state index contributed by atoms with van der Waals surface area (Å²) in [5.41, 5.74) is -0.623. The van der Waals surface area contributed by atoms with Crippen LogP contribution in [0.5, 0.6) is 0 Å². The van der Waals surface area contributed by atoms with Crippen molar-refractivity contribution < 1.29 is 14.7 Å². The van der Waals surface area contributed by atoms with E-state index >= 15 is 0 Å². The lowest BCUT2D eigenvalue weighted by molar-refractivity contribution is -0.149. The average molecular weight is 322 g/mol. The van der Waals surface area contributed by atoms with E-state index in [0.717, 1.165) is 30.7 Å². The average Bonchev–Trinajstić information content (AvgIpc) is 3.18. The number of carbonyl (C=O) groups is 2. The highest BCUT2D eigenvalue weighted by Crippen LogP contribution is 2.49. The summed E-state index contributed by atoms with van der Waals surface area (Å²) in [4.78, 5) is 27.2. The second kappa shape index (κ2) is 6.01. The Morgan fingerprint density at radius 1 is 1.59 bits per heavy atom. The molecule has 6 heteroatoms. The van der Waals surface area contributed by atoms with Crippen molar-refractivity contribution in [2.45, 2.75) is 38.8 Å². The van der Waals surface area contributed by atoms with Gasteiger partial charge < -0.3 is 10.4 Å². The number of fused-ring (bicyclic) bond motifs is 1. The van der Waals surface area contributed by atoms with Crippen LogP contribution in [-0.4, -0.2) is 41.0 Å². The third kappa shape index (κ3) is 2.65. The van der Waals surface area contributed by atoms with Gasteiger partial charge in [-0.05, 0) is 37.1 Å². The Kier molecular flexibility index (Phi) is 4.23. The number of rotatable bonds is 5. The van der Waals surface area contributed by atoms with Gasteiger partial charge >= 0.3 is 5.97 Å². The Morgan fingerprint density at radius 3 is 3.05 bits per heavy atom. The molecule has 5 nitrogen and oxygen atoms in total. The van der Waals surface area contributed by atoms with Crippen LogP contribution in [0.25, 0.3) is 0 Å². The maximum absolute atomic E-state index is 12.3. The van der Waals surface area contributed by atoms with Gasteiger partial charge in [0.15, 0.2) is 0 Å². The summed E-state index contributed by atoms with van der Waals surface area (Å²) in [6.45, 7) is 3.64. The van der Waals surface area contributed by atoms with Crippen LogP contribution in [-0.2, 0) is 16.1 Å². The molecule has 120 valence electrons. The summed E-state index contributed by atoms with van der Waals surface area (Å²) in [5, 5.41) is 14.6. The van der Waals surface area contributed by atoms with Crippen molar-refractivity contribution in [3.05, 3.63) is 22.4 Å². The molecule has 0 aromatic carbocycles. The lowest BCUT2D eigenvalue weighted by Gasteiger charge is -2.26. The van der Waals surface area contributed by atoms with Gasteiger partial charge in [-0.1, -0.05) is 12.5 Å². The molecule has 1 aromatic rings. The van der Waals surface area contributed by atoms with E-state index in [1.54, 1.807) is 11.3 Å². The van der Waals surface area contributed by atoms with E-state index in [4.69, 9.17) is 0 Å². The molecule has 1 aromatic heterocycles. The van der Waals surface area contributed by atoms with Gasteiger partial charge in [-0.15, -0.1) is 11.3 Å². The smallest absolute Gasteiger partial charge is 0.311 e. The highest BCUT2D eigenvalue weighted by Gasteiger charge is 2.55. The predicted octanol–water partition coefficient (Wildman–Crippen LogP) is 1.94. The molecule has 1 unspecified atom stereocenters. The molecule has 2 aliphatic rings. The monoisotopic (exact) mass is 322 g/mol. The van der Waals surface area contributed by atoms with E-state index in [0.29, 0.717) is 13.1 Å². The van der Waals surface area contributed by atoms with Crippen LogP contribution < -0.4 is 5.32 Å². The molecule has 1 saturated carbocycles. The first-order valence-electron chi connectivity index (χ1n) is 7.80. The topological polar surface area (TPSA) is 69.6 Å². The Balaban J connectivity index is 1.60. The molecule has 3 rings (SSSR count). The van der Waals surface area contributed by atoms with E-state index in [1.165, 1.54) is 0 Å². The maximum atomic E-state index is 12.3. The van der Waals surface area contributed by atoms with Gasteiger partial charge in [0.05, 0.1) is 18.0 Å². The number of hydrogen-bond donors (Lipinski definition) is 2. The van der Waals surface area contributed by atoms with Gasteiger partial charge in [-0.2, -0.15) is 0 Å². The molecule has 1 aliphatic carbocycles. The lowest BCUT2D eigenvalue weighted by atomic mass is 9.81. The Hall–Kier alpha value is -1.40. The molecule has 1 aliphatic heterocycles. The van der Waals surface area contributed by atoms with Crippen molar-refractivity contribution in [3.63, 3.8) is 0 Å². The van der Waals surface area contributed by atoms with Crippen LogP contribution in [0.4, 0.5) is 0 Å². The zero-order valence-electron chi connectivity index (χ0n) is 12.7. The largest absolute Gasteiger partial charge is 0.481 e. The van der Waals surface area contributed by atoms with Crippen LogP contribution >= 0.6 is 11.3 Å². The fraction of sp³-hybridized carbons (Fsp3) is 0.625. The minimum absolute atomic E-state index is 0.0195. The summed E-state index contributed by atoms with van der Waals surface area (Å²) >= 11 is 1.62. The molecule has 1 amide bonds. The van der Waals surface area contributed by atoms with Gasteiger partial charge in [0.2, 0.25) is 5.91 Å². The number of carbonyl (C=O) groups excluding carboxylic acids is 1. The number of hydrogen-bond acceptors (Lipinski definition) is 4. The summed E-state index contributed by atoms with van der Waals surface area (Å²) in [6, 6.07) is 3.69. The van der Waals surface area contributed by atoms with Crippen molar-refractivity contribution in [1.82, 2.24) is 10.2 Å². The molecular weight excluding hydrogens is 300 g/mol. The van der Waals surface area contributed by atoms with Crippen LogP contribution in [0.15, 0.2) is 17.5 Å². The minimum Gasteiger partial charge on any atom is -0.481 e. The fourth-order valence-corrected chi connectivity index (χ4v) is 4.52. The molecule has 2 fully saturated rings. The Bertz CT molecular complexity index is 560. The molecule has 0 bridgehead atoms. The number of carboxylic acid groups (broad SMARTS) is 1. The van der Waals surface area contributed by atoms with E-state index in [1.807, 2.05) is 29.3 Å². The number of carboxylic acids is 1. The zero-order chi connectivity index (χ0) is 15.7. The molecule has 1 saturated heterocycles. The Labute approximate surface area is 134 Å². The molecule has 2 N–H and O–H groups in total. The van der Waals surface area contributed by atoms with Crippen LogP contribution in [0.3, 0.4) is 0 Å². The number of nitrogens with one attached hydrogen (secondary N) is 1. The summed E-state index contributed by atoms with van der Waals surface area (Å²) in [7, 11) is 0. The molecule has 0 radical (unpaired) electrons. The second-order valence-corrected chi connectivity index (χ2v) is 7.49. The first-order valence-corrected chi connectivity index (χ1v) is 8.68.